The average Bonchev–Trinajstić information content (AvgIpc) is 2.59. The van der Waals surface area contributed by atoms with Crippen LogP contribution in [-0.2, 0) is 20.7 Å². The second kappa shape index (κ2) is 9.04. The van der Waals surface area contributed by atoms with E-state index in [-0.39, 0.29) is 12.5 Å². The maximum atomic E-state index is 12.5. The number of benzene rings is 2. The number of carbonyl (C=O) groups excluding carboxylic acids is 1. The lowest BCUT2D eigenvalue weighted by molar-refractivity contribution is -0.148. The molecule has 2 rings (SSSR count). The van der Waals surface area contributed by atoms with E-state index in [9.17, 15) is 9.36 Å². The van der Waals surface area contributed by atoms with Crippen molar-refractivity contribution in [2.75, 3.05) is 0 Å². The van der Waals surface area contributed by atoms with Crippen molar-refractivity contribution in [2.45, 2.75) is 26.5 Å². The second-order valence-electron chi connectivity index (χ2n) is 5.83. The Kier molecular flexibility index (Phi) is 7.06. The number of hydrogen-bond acceptors (Lipinski definition) is 4. The number of para-hydroxylation sites is 1. The zero-order chi connectivity index (χ0) is 18.3. The molecule has 0 aliphatic rings. The fraction of sp³-hybridized carbons (Fsp3) is 0.278. The Bertz CT molecular complexity index is 724. The van der Waals surface area contributed by atoms with Crippen molar-refractivity contribution in [3.63, 3.8) is 0 Å². The summed E-state index contributed by atoms with van der Waals surface area (Å²) in [4.78, 5) is 12.4. The van der Waals surface area contributed by atoms with E-state index in [0.29, 0.717) is 5.75 Å². The first-order valence-corrected chi connectivity index (χ1v) is 10.4. The van der Waals surface area contributed by atoms with Gasteiger partial charge in [-0.1, -0.05) is 62.4 Å². The third kappa shape index (κ3) is 6.54. The van der Waals surface area contributed by atoms with Gasteiger partial charge >= 0.3 is 12.8 Å². The predicted molar refractivity (Wildman–Crippen MR) is 98.5 cm³/mol. The molecule has 2 atom stereocenters. The third-order valence-corrected chi connectivity index (χ3v) is 4.94. The van der Waals surface area contributed by atoms with E-state index in [1.807, 2.05) is 30.3 Å². The molecule has 0 saturated carbocycles. The van der Waals surface area contributed by atoms with Crippen LogP contribution in [0, 0.1) is 5.92 Å². The van der Waals surface area contributed by atoms with Gasteiger partial charge in [-0.2, -0.15) is 0 Å². The van der Waals surface area contributed by atoms with E-state index >= 15 is 0 Å². The fourth-order valence-electron chi connectivity index (χ4n) is 2.10. The van der Waals surface area contributed by atoms with Gasteiger partial charge in [0.2, 0.25) is 0 Å². The monoisotopic (exact) mass is 381 g/mol. The standard InChI is InChI=1S/C18H21ClNO4P/c1-14(2)17(18(21)23-13-15-9-5-3-6-10-15)20-25(19,22)24-16-11-7-4-8-12-16/h3-12,14,17H,13H2,1-2H3,(H,20,22)/t17-,25?/m0/s1. The van der Waals surface area contributed by atoms with Gasteiger partial charge in [0.05, 0.1) is 0 Å². The lowest BCUT2D eigenvalue weighted by Crippen LogP contribution is -2.40. The Balaban J connectivity index is 1.99. The Morgan fingerprint density at radius 2 is 1.64 bits per heavy atom. The SMILES string of the molecule is CC(C)[C@H](NP(=O)(Cl)Oc1ccccc1)C(=O)OCc1ccccc1. The highest BCUT2D eigenvalue weighted by molar-refractivity contribution is 7.84. The van der Waals surface area contributed by atoms with E-state index in [0.717, 1.165) is 5.56 Å². The van der Waals surface area contributed by atoms with Crippen LogP contribution in [0.1, 0.15) is 19.4 Å². The highest BCUT2D eigenvalue weighted by atomic mass is 35.7. The minimum absolute atomic E-state index is 0.136. The van der Waals surface area contributed by atoms with Gasteiger partial charge in [-0.15, -0.1) is 0 Å². The van der Waals surface area contributed by atoms with Crippen LogP contribution in [0.15, 0.2) is 60.7 Å². The molecule has 0 fully saturated rings. The lowest BCUT2D eigenvalue weighted by Gasteiger charge is -2.23. The maximum absolute atomic E-state index is 12.5. The quantitative estimate of drug-likeness (QED) is 0.527. The molecular weight excluding hydrogens is 361 g/mol. The maximum Gasteiger partial charge on any atom is 0.409 e. The van der Waals surface area contributed by atoms with Crippen molar-refractivity contribution < 1.29 is 18.6 Å². The number of esters is 1. The molecule has 0 radical (unpaired) electrons. The first-order valence-electron chi connectivity index (χ1n) is 7.90. The van der Waals surface area contributed by atoms with Crippen LogP contribution >= 0.6 is 18.1 Å². The number of hydrogen-bond donors (Lipinski definition) is 1. The molecule has 0 bridgehead atoms. The molecule has 7 heteroatoms. The van der Waals surface area contributed by atoms with Gasteiger partial charge in [0, 0.05) is 11.2 Å². The number of nitrogens with one attached hydrogen (secondary N) is 1. The first kappa shape index (κ1) is 19.5. The van der Waals surface area contributed by atoms with E-state index in [1.54, 1.807) is 44.2 Å². The molecule has 0 aromatic heterocycles. The Morgan fingerprint density at radius 3 is 2.20 bits per heavy atom. The van der Waals surface area contributed by atoms with Crippen LogP contribution < -0.4 is 9.61 Å². The Labute approximate surface area is 152 Å². The molecule has 1 unspecified atom stereocenters. The van der Waals surface area contributed by atoms with Crippen LogP contribution in [0.4, 0.5) is 0 Å². The smallest absolute Gasteiger partial charge is 0.409 e. The molecular formula is C18H21ClNO4P. The van der Waals surface area contributed by atoms with E-state index in [2.05, 4.69) is 5.09 Å². The summed E-state index contributed by atoms with van der Waals surface area (Å²) in [7, 11) is 0. The number of carbonyl (C=O) groups is 1. The zero-order valence-corrected chi connectivity index (χ0v) is 15.7. The Morgan fingerprint density at radius 1 is 1.08 bits per heavy atom. The molecule has 0 heterocycles. The molecule has 0 aliphatic carbocycles. The number of ether oxygens (including phenoxy) is 1. The zero-order valence-electron chi connectivity index (χ0n) is 14.1. The molecule has 0 amide bonds. The summed E-state index contributed by atoms with van der Waals surface area (Å²) in [6, 6.07) is 17.0. The summed E-state index contributed by atoms with van der Waals surface area (Å²) in [6.45, 7) is -0.00416. The molecule has 0 aliphatic heterocycles. The summed E-state index contributed by atoms with van der Waals surface area (Å²) in [5.74, 6) is -0.361. The molecule has 0 saturated heterocycles. The predicted octanol–water partition coefficient (Wildman–Crippen LogP) is 4.77. The van der Waals surface area contributed by atoms with Crippen LogP contribution in [0.25, 0.3) is 0 Å². The van der Waals surface area contributed by atoms with Crippen LogP contribution in [0.2, 0.25) is 0 Å². The lowest BCUT2D eigenvalue weighted by atomic mass is 10.1. The minimum Gasteiger partial charge on any atom is -0.460 e. The van der Waals surface area contributed by atoms with E-state index in [4.69, 9.17) is 20.5 Å². The van der Waals surface area contributed by atoms with Crippen LogP contribution in [0.3, 0.4) is 0 Å². The molecule has 25 heavy (non-hydrogen) atoms. The fourth-order valence-corrected chi connectivity index (χ4v) is 3.84. The molecule has 2 aromatic carbocycles. The largest absolute Gasteiger partial charge is 0.460 e. The first-order chi connectivity index (χ1) is 11.9. The van der Waals surface area contributed by atoms with Gasteiger partial charge in [-0.05, 0) is 23.6 Å². The summed E-state index contributed by atoms with van der Waals surface area (Å²) >= 11 is 5.99. The normalized spacial score (nSPS) is 14.6. The Hall–Kier alpha value is -1.81. The van der Waals surface area contributed by atoms with E-state index < -0.39 is 18.9 Å². The molecule has 0 spiro atoms. The minimum atomic E-state index is -3.75. The second-order valence-corrected chi connectivity index (χ2v) is 8.56. The van der Waals surface area contributed by atoms with E-state index in [1.165, 1.54) is 0 Å². The summed E-state index contributed by atoms with van der Waals surface area (Å²) in [5.41, 5.74) is 0.868. The molecule has 5 nitrogen and oxygen atoms in total. The number of halogens is 1. The molecule has 1 N–H and O–H groups in total. The van der Waals surface area contributed by atoms with Crippen LogP contribution in [-0.4, -0.2) is 12.0 Å². The highest BCUT2D eigenvalue weighted by Gasteiger charge is 2.33. The van der Waals surface area contributed by atoms with Crippen molar-refractivity contribution in [3.05, 3.63) is 66.2 Å². The van der Waals surface area contributed by atoms with Gasteiger partial charge in [-0.25, -0.2) is 9.65 Å². The van der Waals surface area contributed by atoms with Gasteiger partial charge in [0.25, 0.3) is 0 Å². The van der Waals surface area contributed by atoms with Gasteiger partial charge < -0.3 is 9.26 Å². The van der Waals surface area contributed by atoms with Gasteiger partial charge in [-0.3, -0.25) is 4.79 Å². The third-order valence-electron chi connectivity index (χ3n) is 3.40. The summed E-state index contributed by atoms with van der Waals surface area (Å²) < 4.78 is 23.1. The van der Waals surface area contributed by atoms with Crippen LogP contribution in [0.5, 0.6) is 5.75 Å². The van der Waals surface area contributed by atoms with Crippen molar-refractivity contribution in [1.29, 1.82) is 0 Å². The number of rotatable bonds is 8. The van der Waals surface area contributed by atoms with Crippen molar-refractivity contribution in [1.82, 2.24) is 5.09 Å². The highest BCUT2D eigenvalue weighted by Crippen LogP contribution is 2.49. The topological polar surface area (TPSA) is 64.6 Å². The van der Waals surface area contributed by atoms with Crippen molar-refractivity contribution >= 4 is 24.1 Å². The molecule has 2 aromatic rings. The van der Waals surface area contributed by atoms with Gasteiger partial charge in [0.1, 0.15) is 18.4 Å². The summed E-state index contributed by atoms with van der Waals surface area (Å²) in [5, 5.41) is 2.60. The molecule has 134 valence electrons. The average molecular weight is 382 g/mol. The van der Waals surface area contributed by atoms with Gasteiger partial charge in [0.15, 0.2) is 0 Å². The summed E-state index contributed by atoms with van der Waals surface area (Å²) in [6.07, 6.45) is 0. The van der Waals surface area contributed by atoms with Crippen molar-refractivity contribution in [3.8, 4) is 5.75 Å². The van der Waals surface area contributed by atoms with Crippen molar-refractivity contribution in [2.24, 2.45) is 5.92 Å².